The summed E-state index contributed by atoms with van der Waals surface area (Å²) in [4.78, 5) is 14.5. The normalized spacial score (nSPS) is 17.8. The van der Waals surface area contributed by atoms with Gasteiger partial charge in [-0.15, -0.1) is 12.4 Å². The van der Waals surface area contributed by atoms with Gasteiger partial charge in [-0.05, 0) is 55.2 Å². The zero-order valence-corrected chi connectivity index (χ0v) is 12.7. The van der Waals surface area contributed by atoms with Gasteiger partial charge >= 0.3 is 0 Å². The van der Waals surface area contributed by atoms with E-state index in [4.69, 9.17) is 5.73 Å². The van der Waals surface area contributed by atoms with Crippen molar-refractivity contribution in [3.05, 3.63) is 35.4 Å². The van der Waals surface area contributed by atoms with Crippen molar-refractivity contribution in [3.63, 3.8) is 0 Å². The highest BCUT2D eigenvalue weighted by molar-refractivity contribution is 5.94. The number of hydrogen-bond acceptors (Lipinski definition) is 2. The molecule has 2 fully saturated rings. The predicted octanol–water partition coefficient (Wildman–Crippen LogP) is 2.83. The SMILES string of the molecule is CN(C(=O)c1ccc(CN)cc1)C(C1CC1)C1CC1.Cl. The van der Waals surface area contributed by atoms with E-state index in [1.807, 2.05) is 36.2 Å². The minimum absolute atomic E-state index is 0. The second-order valence-corrected chi connectivity index (χ2v) is 5.98. The molecular formula is C16H23ClN2O. The summed E-state index contributed by atoms with van der Waals surface area (Å²) in [6.45, 7) is 0.525. The fourth-order valence-electron chi connectivity index (χ4n) is 3.02. The summed E-state index contributed by atoms with van der Waals surface area (Å²) in [6.07, 6.45) is 5.19. The molecule has 0 heterocycles. The molecule has 0 atom stereocenters. The second-order valence-electron chi connectivity index (χ2n) is 5.98. The van der Waals surface area contributed by atoms with E-state index in [-0.39, 0.29) is 18.3 Å². The van der Waals surface area contributed by atoms with Crippen molar-refractivity contribution in [2.24, 2.45) is 17.6 Å². The fourth-order valence-corrected chi connectivity index (χ4v) is 3.02. The van der Waals surface area contributed by atoms with Crippen molar-refractivity contribution in [2.75, 3.05) is 7.05 Å². The zero-order valence-electron chi connectivity index (χ0n) is 11.9. The van der Waals surface area contributed by atoms with E-state index >= 15 is 0 Å². The minimum atomic E-state index is 0. The van der Waals surface area contributed by atoms with Crippen molar-refractivity contribution >= 4 is 18.3 Å². The van der Waals surface area contributed by atoms with Crippen molar-refractivity contribution in [1.82, 2.24) is 4.90 Å². The number of nitrogens with zero attached hydrogens (tertiary/aromatic N) is 1. The van der Waals surface area contributed by atoms with Crippen LogP contribution in [-0.2, 0) is 6.54 Å². The van der Waals surface area contributed by atoms with Crippen LogP contribution < -0.4 is 5.73 Å². The lowest BCUT2D eigenvalue weighted by Crippen LogP contribution is -2.40. The van der Waals surface area contributed by atoms with Gasteiger partial charge in [0.05, 0.1) is 0 Å². The minimum Gasteiger partial charge on any atom is -0.338 e. The van der Waals surface area contributed by atoms with E-state index < -0.39 is 0 Å². The Morgan fingerprint density at radius 2 is 1.70 bits per heavy atom. The predicted molar refractivity (Wildman–Crippen MR) is 82.9 cm³/mol. The first kappa shape index (κ1) is 15.3. The van der Waals surface area contributed by atoms with E-state index in [1.54, 1.807) is 0 Å². The third-order valence-corrected chi connectivity index (χ3v) is 4.41. The average Bonchev–Trinajstić information content (AvgIpc) is 3.32. The highest BCUT2D eigenvalue weighted by Crippen LogP contribution is 2.47. The first-order chi connectivity index (χ1) is 9.20. The van der Waals surface area contributed by atoms with Gasteiger partial charge < -0.3 is 10.6 Å². The summed E-state index contributed by atoms with van der Waals surface area (Å²) in [5.41, 5.74) is 7.44. The van der Waals surface area contributed by atoms with Crippen molar-refractivity contribution in [3.8, 4) is 0 Å². The smallest absolute Gasteiger partial charge is 0.253 e. The molecule has 3 rings (SSSR count). The molecule has 110 valence electrons. The number of amides is 1. The fraction of sp³-hybridized carbons (Fsp3) is 0.562. The molecule has 2 aliphatic carbocycles. The van der Waals surface area contributed by atoms with E-state index in [9.17, 15) is 4.79 Å². The molecule has 0 saturated heterocycles. The number of rotatable bonds is 5. The molecule has 0 unspecified atom stereocenters. The van der Waals surface area contributed by atoms with Gasteiger partial charge in [-0.1, -0.05) is 12.1 Å². The van der Waals surface area contributed by atoms with Crippen LogP contribution in [0.15, 0.2) is 24.3 Å². The Bertz CT molecular complexity index is 454. The van der Waals surface area contributed by atoms with Gasteiger partial charge in [0, 0.05) is 25.2 Å². The van der Waals surface area contributed by atoms with Gasteiger partial charge in [0.2, 0.25) is 0 Å². The van der Waals surface area contributed by atoms with Crippen LogP contribution in [0, 0.1) is 11.8 Å². The number of carbonyl (C=O) groups is 1. The maximum Gasteiger partial charge on any atom is 0.253 e. The summed E-state index contributed by atoms with van der Waals surface area (Å²) in [6, 6.07) is 8.17. The Labute approximate surface area is 126 Å². The summed E-state index contributed by atoms with van der Waals surface area (Å²) in [7, 11) is 1.97. The topological polar surface area (TPSA) is 46.3 Å². The first-order valence-corrected chi connectivity index (χ1v) is 7.27. The van der Waals surface area contributed by atoms with E-state index in [0.29, 0.717) is 12.6 Å². The Kier molecular flexibility index (Phi) is 4.71. The molecule has 2 N–H and O–H groups in total. The summed E-state index contributed by atoms with van der Waals surface area (Å²) in [5, 5.41) is 0. The monoisotopic (exact) mass is 294 g/mol. The van der Waals surface area contributed by atoms with Gasteiger partial charge in [-0.25, -0.2) is 0 Å². The maximum atomic E-state index is 12.5. The van der Waals surface area contributed by atoms with E-state index in [0.717, 1.165) is 23.0 Å². The Hall–Kier alpha value is -1.06. The Balaban J connectivity index is 0.00000147. The van der Waals surface area contributed by atoms with Gasteiger partial charge in [0.15, 0.2) is 0 Å². The van der Waals surface area contributed by atoms with Crippen LogP contribution in [0.2, 0.25) is 0 Å². The number of nitrogens with two attached hydrogens (primary N) is 1. The molecule has 0 aliphatic heterocycles. The summed E-state index contributed by atoms with van der Waals surface area (Å²) in [5.74, 6) is 1.67. The van der Waals surface area contributed by atoms with Gasteiger partial charge in [0.25, 0.3) is 5.91 Å². The highest BCUT2D eigenvalue weighted by atomic mass is 35.5. The summed E-state index contributed by atoms with van der Waals surface area (Å²) >= 11 is 0. The van der Waals surface area contributed by atoms with Crippen LogP contribution in [0.25, 0.3) is 0 Å². The Morgan fingerprint density at radius 1 is 1.20 bits per heavy atom. The number of carbonyl (C=O) groups excluding carboxylic acids is 1. The van der Waals surface area contributed by atoms with Gasteiger partial charge in [0.1, 0.15) is 0 Å². The van der Waals surface area contributed by atoms with Crippen molar-refractivity contribution in [2.45, 2.75) is 38.3 Å². The van der Waals surface area contributed by atoms with Crippen LogP contribution in [0.3, 0.4) is 0 Å². The van der Waals surface area contributed by atoms with Crippen LogP contribution in [-0.4, -0.2) is 23.9 Å². The van der Waals surface area contributed by atoms with Crippen molar-refractivity contribution < 1.29 is 4.79 Å². The van der Waals surface area contributed by atoms with Crippen LogP contribution in [0.4, 0.5) is 0 Å². The first-order valence-electron chi connectivity index (χ1n) is 7.27. The molecule has 4 heteroatoms. The lowest BCUT2D eigenvalue weighted by molar-refractivity contribution is 0.0690. The van der Waals surface area contributed by atoms with Crippen LogP contribution >= 0.6 is 12.4 Å². The molecular weight excluding hydrogens is 272 g/mol. The quantitative estimate of drug-likeness (QED) is 0.908. The third-order valence-electron chi connectivity index (χ3n) is 4.41. The standard InChI is InChI=1S/C16H22N2O.ClH/c1-18(15(12-6-7-12)13-8-9-13)16(19)14-4-2-11(10-17)3-5-14;/h2-5,12-13,15H,6-10,17H2,1H3;1H. The second kappa shape index (κ2) is 6.15. The van der Waals surface area contributed by atoms with Gasteiger partial charge in [-0.2, -0.15) is 0 Å². The molecule has 2 aliphatic rings. The molecule has 1 aromatic rings. The number of hydrogen-bond donors (Lipinski definition) is 1. The molecule has 0 radical (unpaired) electrons. The molecule has 20 heavy (non-hydrogen) atoms. The van der Waals surface area contributed by atoms with Crippen molar-refractivity contribution in [1.29, 1.82) is 0 Å². The lowest BCUT2D eigenvalue weighted by atomic mass is 10.0. The van der Waals surface area contributed by atoms with Crippen LogP contribution in [0.5, 0.6) is 0 Å². The third kappa shape index (κ3) is 3.15. The molecule has 2 saturated carbocycles. The maximum absolute atomic E-state index is 12.5. The number of halogens is 1. The molecule has 1 amide bonds. The molecule has 3 nitrogen and oxygen atoms in total. The highest BCUT2D eigenvalue weighted by Gasteiger charge is 2.44. The molecule has 0 spiro atoms. The molecule has 0 aromatic heterocycles. The summed E-state index contributed by atoms with van der Waals surface area (Å²) < 4.78 is 0. The van der Waals surface area contributed by atoms with Gasteiger partial charge in [-0.3, -0.25) is 4.79 Å². The largest absolute Gasteiger partial charge is 0.338 e. The Morgan fingerprint density at radius 3 is 2.10 bits per heavy atom. The zero-order chi connectivity index (χ0) is 13.4. The average molecular weight is 295 g/mol. The van der Waals surface area contributed by atoms with E-state index in [1.165, 1.54) is 25.7 Å². The molecule has 1 aromatic carbocycles. The van der Waals surface area contributed by atoms with E-state index in [2.05, 4.69) is 0 Å². The molecule has 0 bridgehead atoms. The lowest BCUT2D eigenvalue weighted by Gasteiger charge is -2.28. The van der Waals surface area contributed by atoms with Crippen LogP contribution in [0.1, 0.15) is 41.6 Å². The number of benzene rings is 1.